The lowest BCUT2D eigenvalue weighted by atomic mass is 10.1. The van der Waals surface area contributed by atoms with E-state index in [9.17, 15) is 14.9 Å². The van der Waals surface area contributed by atoms with Gasteiger partial charge < -0.3 is 11.1 Å². The summed E-state index contributed by atoms with van der Waals surface area (Å²) in [4.78, 5) is 24.8. The number of Topliss-reactive ketones (excluding diaryl/α,β-unsaturated/α-hetero) is 1. The van der Waals surface area contributed by atoms with Crippen molar-refractivity contribution in [2.75, 3.05) is 17.3 Å². The van der Waals surface area contributed by atoms with Gasteiger partial charge in [0.25, 0.3) is 5.91 Å². The van der Waals surface area contributed by atoms with Crippen LogP contribution in [0.15, 0.2) is 65.8 Å². The van der Waals surface area contributed by atoms with Crippen LogP contribution in [0.25, 0.3) is 5.69 Å². The van der Waals surface area contributed by atoms with Gasteiger partial charge >= 0.3 is 0 Å². The smallest absolute Gasteiger partial charge is 0.267 e. The highest BCUT2D eigenvalue weighted by Crippen LogP contribution is 2.25. The number of nitrogen functional groups attached to an aromatic ring is 1. The highest BCUT2D eigenvalue weighted by molar-refractivity contribution is 6.40. The van der Waals surface area contributed by atoms with Gasteiger partial charge in [0.15, 0.2) is 5.78 Å². The number of anilines is 2. The molecule has 9 heteroatoms. The summed E-state index contributed by atoms with van der Waals surface area (Å²) in [5.41, 5.74) is 8.93. The Bertz CT molecular complexity index is 1260. The largest absolute Gasteiger partial charge is 0.382 e. The van der Waals surface area contributed by atoms with Crippen molar-refractivity contribution < 1.29 is 9.59 Å². The van der Waals surface area contributed by atoms with Gasteiger partial charge in [-0.25, -0.2) is 4.68 Å². The van der Waals surface area contributed by atoms with Crippen molar-refractivity contribution in [3.63, 3.8) is 0 Å². The van der Waals surface area contributed by atoms with E-state index in [0.29, 0.717) is 42.2 Å². The molecule has 1 atom stereocenters. The predicted molar refractivity (Wildman–Crippen MR) is 129 cm³/mol. The first-order valence-corrected chi connectivity index (χ1v) is 11.0. The zero-order valence-corrected chi connectivity index (χ0v) is 18.8. The average molecular weight is 456 g/mol. The maximum atomic E-state index is 12.7. The monoisotopic (exact) mass is 455 g/mol. The Kier molecular flexibility index (Phi) is 6.69. The van der Waals surface area contributed by atoms with E-state index in [4.69, 9.17) is 5.73 Å². The van der Waals surface area contributed by atoms with Crippen LogP contribution in [0.3, 0.4) is 0 Å². The summed E-state index contributed by atoms with van der Waals surface area (Å²) in [7, 11) is 0. The Morgan fingerprint density at radius 2 is 1.76 bits per heavy atom. The average Bonchev–Trinajstić information content (AvgIpc) is 3.44. The molecule has 1 aliphatic heterocycles. The summed E-state index contributed by atoms with van der Waals surface area (Å²) >= 11 is 0. The van der Waals surface area contributed by atoms with Crippen LogP contribution >= 0.6 is 0 Å². The van der Waals surface area contributed by atoms with Crippen LogP contribution in [-0.4, -0.2) is 39.8 Å². The summed E-state index contributed by atoms with van der Waals surface area (Å²) in [5, 5.41) is 22.9. The van der Waals surface area contributed by atoms with Crippen molar-refractivity contribution in [3.8, 4) is 11.8 Å². The maximum absolute atomic E-state index is 12.7. The summed E-state index contributed by atoms with van der Waals surface area (Å²) < 4.78 is 1.56. The minimum Gasteiger partial charge on any atom is -0.382 e. The lowest BCUT2D eigenvalue weighted by molar-refractivity contribution is -0.118. The number of aryl methyl sites for hydroxylation is 1. The number of ketones is 1. The first-order valence-electron chi connectivity index (χ1n) is 11.0. The molecule has 0 aliphatic carbocycles. The van der Waals surface area contributed by atoms with Crippen molar-refractivity contribution in [3.05, 3.63) is 71.9 Å². The van der Waals surface area contributed by atoms with Crippen LogP contribution in [0.4, 0.5) is 11.5 Å². The van der Waals surface area contributed by atoms with E-state index in [0.717, 1.165) is 11.4 Å². The number of aromatic nitrogens is 2. The minimum absolute atomic E-state index is 0.0500. The first kappa shape index (κ1) is 22.7. The number of carbonyl (C=O) groups excluding carboxylic acids is 2. The van der Waals surface area contributed by atoms with E-state index in [1.807, 2.05) is 60.7 Å². The second-order valence-corrected chi connectivity index (χ2v) is 7.98. The zero-order chi connectivity index (χ0) is 24.1. The molecule has 1 aromatic heterocycles. The van der Waals surface area contributed by atoms with Crippen molar-refractivity contribution in [1.82, 2.24) is 15.1 Å². The topological polar surface area (TPSA) is 129 Å². The summed E-state index contributed by atoms with van der Waals surface area (Å²) in [5.74, 6) is -0.0603. The number of carbonyl (C=O) groups is 2. The summed E-state index contributed by atoms with van der Waals surface area (Å²) in [6.07, 6.45) is 1.30. The predicted octanol–water partition coefficient (Wildman–Crippen LogP) is 2.60. The number of amides is 1. The zero-order valence-electron chi connectivity index (χ0n) is 18.8. The fourth-order valence-electron chi connectivity index (χ4n) is 3.88. The van der Waals surface area contributed by atoms with Gasteiger partial charge in [-0.3, -0.25) is 14.6 Å². The van der Waals surface area contributed by atoms with Gasteiger partial charge in [0, 0.05) is 13.0 Å². The number of nitrogens with one attached hydrogen (secondary N) is 1. The van der Waals surface area contributed by atoms with Gasteiger partial charge in [-0.1, -0.05) is 36.4 Å². The molecule has 1 unspecified atom stereocenters. The standard InChI is InChI=1S/C25H25N7O2/c1-17(33)23-15-22(30-31(23)18-9-4-2-5-10-18)25(34)28-14-8-13-21-20(16-26)24(27)32(29-21)19-11-6-3-7-12-19/h2-7,9-12,23H,8,13-15,27H2,1H3,(H,28,34). The Labute approximate surface area is 197 Å². The molecule has 2 heterocycles. The third-order valence-electron chi connectivity index (χ3n) is 5.64. The number of nitriles is 1. The van der Waals surface area contributed by atoms with E-state index < -0.39 is 6.04 Å². The van der Waals surface area contributed by atoms with Crippen LogP contribution in [0.1, 0.15) is 31.0 Å². The molecule has 0 saturated carbocycles. The molecule has 3 N–H and O–H groups in total. The second kappa shape index (κ2) is 10.0. The number of nitrogens with two attached hydrogens (primary N) is 1. The molecule has 0 fully saturated rings. The molecule has 0 radical (unpaired) electrons. The van der Waals surface area contributed by atoms with Crippen molar-refractivity contribution >= 4 is 28.9 Å². The van der Waals surface area contributed by atoms with Crippen LogP contribution in [-0.2, 0) is 16.0 Å². The van der Waals surface area contributed by atoms with Crippen molar-refractivity contribution in [1.29, 1.82) is 5.26 Å². The van der Waals surface area contributed by atoms with Crippen LogP contribution in [0.5, 0.6) is 0 Å². The molecule has 0 bridgehead atoms. The Balaban J connectivity index is 1.38. The molecule has 1 amide bonds. The number of benzene rings is 2. The highest BCUT2D eigenvalue weighted by Gasteiger charge is 2.34. The lowest BCUT2D eigenvalue weighted by Crippen LogP contribution is -2.34. The van der Waals surface area contributed by atoms with Gasteiger partial charge in [0.2, 0.25) is 0 Å². The Morgan fingerprint density at radius 3 is 2.38 bits per heavy atom. The summed E-state index contributed by atoms with van der Waals surface area (Å²) in [6.45, 7) is 1.88. The third-order valence-corrected chi connectivity index (χ3v) is 5.64. The van der Waals surface area contributed by atoms with Crippen LogP contribution in [0, 0.1) is 11.3 Å². The fraction of sp³-hybridized carbons (Fsp3) is 0.240. The Hall–Kier alpha value is -4.45. The van der Waals surface area contributed by atoms with E-state index in [1.165, 1.54) is 6.92 Å². The molecule has 4 rings (SSSR count). The van der Waals surface area contributed by atoms with Crippen molar-refractivity contribution in [2.24, 2.45) is 5.10 Å². The van der Waals surface area contributed by atoms with Gasteiger partial charge in [-0.2, -0.15) is 15.5 Å². The second-order valence-electron chi connectivity index (χ2n) is 7.98. The van der Waals surface area contributed by atoms with E-state index in [2.05, 4.69) is 21.6 Å². The number of para-hydroxylation sites is 2. The van der Waals surface area contributed by atoms with Gasteiger partial charge in [-0.15, -0.1) is 0 Å². The van der Waals surface area contributed by atoms with E-state index in [-0.39, 0.29) is 18.1 Å². The van der Waals surface area contributed by atoms with Gasteiger partial charge in [0.05, 0.1) is 17.1 Å². The molecule has 9 nitrogen and oxygen atoms in total. The Morgan fingerprint density at radius 1 is 1.12 bits per heavy atom. The number of hydrogen-bond acceptors (Lipinski definition) is 7. The molecule has 3 aromatic rings. The van der Waals surface area contributed by atoms with Crippen LogP contribution in [0.2, 0.25) is 0 Å². The summed E-state index contributed by atoms with van der Waals surface area (Å²) in [6, 6.07) is 20.3. The van der Waals surface area contributed by atoms with Crippen molar-refractivity contribution in [2.45, 2.75) is 32.2 Å². The number of rotatable bonds is 8. The van der Waals surface area contributed by atoms with E-state index in [1.54, 1.807) is 9.69 Å². The quantitative estimate of drug-likeness (QED) is 0.502. The first-order chi connectivity index (χ1) is 16.5. The SMILES string of the molecule is CC(=O)C1CC(C(=O)NCCCc2nn(-c3ccccc3)c(N)c2C#N)=NN1c1ccccc1. The van der Waals surface area contributed by atoms with Crippen LogP contribution < -0.4 is 16.1 Å². The molecular weight excluding hydrogens is 430 g/mol. The minimum atomic E-state index is -0.494. The molecule has 2 aromatic carbocycles. The molecular formula is C25H25N7O2. The normalized spacial score (nSPS) is 15.0. The molecule has 0 spiro atoms. The molecule has 34 heavy (non-hydrogen) atoms. The molecule has 1 aliphatic rings. The number of hydrogen-bond donors (Lipinski definition) is 2. The third kappa shape index (κ3) is 4.66. The van der Waals surface area contributed by atoms with Gasteiger partial charge in [-0.05, 0) is 44.0 Å². The highest BCUT2D eigenvalue weighted by atomic mass is 16.2. The van der Waals surface area contributed by atoms with Gasteiger partial charge in [0.1, 0.15) is 29.2 Å². The number of nitrogens with zero attached hydrogens (tertiary/aromatic N) is 5. The fourth-order valence-corrected chi connectivity index (χ4v) is 3.88. The lowest BCUT2D eigenvalue weighted by Gasteiger charge is -2.20. The molecule has 172 valence electrons. The van der Waals surface area contributed by atoms with E-state index >= 15 is 0 Å². The molecule has 0 saturated heterocycles. The number of hydrazone groups is 1. The maximum Gasteiger partial charge on any atom is 0.267 e.